The van der Waals surface area contributed by atoms with Gasteiger partial charge in [0, 0.05) is 25.3 Å². The summed E-state index contributed by atoms with van der Waals surface area (Å²) in [5, 5.41) is 21.6. The number of carbonyl (C=O) groups is 5. The molecule has 0 aromatic carbocycles. The lowest BCUT2D eigenvalue weighted by atomic mass is 10.1. The van der Waals surface area contributed by atoms with Crippen LogP contribution in [-0.2, 0) is 19.2 Å². The molecule has 11 nitrogen and oxygen atoms in total. The van der Waals surface area contributed by atoms with Crippen LogP contribution in [0.5, 0.6) is 0 Å². The highest BCUT2D eigenvalue weighted by Gasteiger charge is 2.24. The number of amides is 3. The molecule has 0 aliphatic carbocycles. The van der Waals surface area contributed by atoms with Crippen molar-refractivity contribution in [1.29, 1.82) is 0 Å². The highest BCUT2D eigenvalue weighted by Crippen LogP contribution is 2.11. The number of nitrogens with two attached hydrogens (primary N) is 1. The molecule has 0 heterocycles. The molecule has 0 aromatic heterocycles. The van der Waals surface area contributed by atoms with E-state index in [0.29, 0.717) is 13.1 Å². The van der Waals surface area contributed by atoms with Gasteiger partial charge in [-0.3, -0.25) is 24.0 Å². The van der Waals surface area contributed by atoms with Crippen LogP contribution in [0.2, 0.25) is 0 Å². The summed E-state index contributed by atoms with van der Waals surface area (Å²) in [6.07, 6.45) is -0.360. The molecule has 154 valence electrons. The number of thioether (sulfide) groups is 1. The maximum Gasteiger partial charge on any atom is 0.322 e. The van der Waals surface area contributed by atoms with Gasteiger partial charge in [0.05, 0.1) is 0 Å². The molecule has 27 heavy (non-hydrogen) atoms. The number of hydrogen-bond donors (Lipinski definition) is 5. The maximum absolute atomic E-state index is 12.1. The molecule has 0 aliphatic rings. The first kappa shape index (κ1) is 24.7. The van der Waals surface area contributed by atoms with Crippen molar-refractivity contribution in [3.63, 3.8) is 0 Å². The fraction of sp³-hybridized carbons (Fsp3) is 0.667. The zero-order valence-electron chi connectivity index (χ0n) is 15.3. The van der Waals surface area contributed by atoms with E-state index in [2.05, 4.69) is 10.6 Å². The van der Waals surface area contributed by atoms with E-state index in [1.807, 2.05) is 0 Å². The fourth-order valence-corrected chi connectivity index (χ4v) is 2.86. The number of rotatable bonds is 12. The lowest BCUT2D eigenvalue weighted by Crippen LogP contribution is -2.50. The molecule has 0 saturated carbocycles. The summed E-state index contributed by atoms with van der Waals surface area (Å²) in [7, 11) is 0. The van der Waals surface area contributed by atoms with E-state index >= 15 is 0 Å². The molecule has 0 unspecified atom stereocenters. The minimum atomic E-state index is -1.26. The normalized spacial score (nSPS) is 12.6. The minimum Gasteiger partial charge on any atom is -0.480 e. The third-order valence-corrected chi connectivity index (χ3v) is 4.47. The van der Waals surface area contributed by atoms with Crippen molar-refractivity contribution in [3.05, 3.63) is 0 Å². The second kappa shape index (κ2) is 12.9. The van der Waals surface area contributed by atoms with Crippen molar-refractivity contribution in [2.45, 2.75) is 38.8 Å². The van der Waals surface area contributed by atoms with E-state index in [1.165, 1.54) is 4.90 Å². The third kappa shape index (κ3) is 10.4. The lowest BCUT2D eigenvalue weighted by molar-refractivity contribution is -0.139. The number of carboxylic acid groups (broad SMARTS) is 2. The first-order valence-corrected chi connectivity index (χ1v) is 9.29. The predicted octanol–water partition coefficient (Wildman–Crippen LogP) is -0.941. The molecule has 0 radical (unpaired) electrons. The molecular weight excluding hydrogens is 380 g/mol. The van der Waals surface area contributed by atoms with Gasteiger partial charge >= 0.3 is 11.9 Å². The van der Waals surface area contributed by atoms with Gasteiger partial charge in [0.2, 0.25) is 11.8 Å². The zero-order chi connectivity index (χ0) is 21.0. The standard InChI is InChI=1S/C15H26N4O7S/c1-3-19(4-2)15(26)27-8-10(13(23)17-7-12(21)22)18-11(20)6-5-9(16)14(24)25/h9-10H,3-8,16H2,1-2H3,(H,17,23)(H,18,20)(H,21,22)(H,24,25)/t9-,10+/m1/s1. The van der Waals surface area contributed by atoms with Crippen LogP contribution in [0.4, 0.5) is 4.79 Å². The maximum atomic E-state index is 12.1. The first-order chi connectivity index (χ1) is 12.6. The van der Waals surface area contributed by atoms with Gasteiger partial charge in [-0.05, 0) is 20.3 Å². The van der Waals surface area contributed by atoms with Crippen molar-refractivity contribution < 1.29 is 34.2 Å². The summed E-state index contributed by atoms with van der Waals surface area (Å²) in [6.45, 7) is 3.93. The monoisotopic (exact) mass is 406 g/mol. The molecule has 0 saturated heterocycles. The van der Waals surface area contributed by atoms with Gasteiger partial charge < -0.3 is 31.5 Å². The summed E-state index contributed by atoms with van der Waals surface area (Å²) in [6, 6.07) is -2.36. The highest BCUT2D eigenvalue weighted by molar-refractivity contribution is 8.13. The van der Waals surface area contributed by atoms with Crippen LogP contribution in [0.1, 0.15) is 26.7 Å². The number of nitrogens with one attached hydrogen (secondary N) is 2. The molecule has 0 aromatic rings. The Morgan fingerprint density at radius 2 is 1.70 bits per heavy atom. The molecule has 0 rings (SSSR count). The van der Waals surface area contributed by atoms with Crippen molar-refractivity contribution in [2.24, 2.45) is 5.73 Å². The first-order valence-electron chi connectivity index (χ1n) is 8.31. The predicted molar refractivity (Wildman–Crippen MR) is 98.2 cm³/mol. The van der Waals surface area contributed by atoms with Crippen molar-refractivity contribution in [2.75, 3.05) is 25.4 Å². The number of nitrogens with zero attached hydrogens (tertiary/aromatic N) is 1. The summed E-state index contributed by atoms with van der Waals surface area (Å²) < 4.78 is 0. The highest BCUT2D eigenvalue weighted by atomic mass is 32.2. The van der Waals surface area contributed by atoms with Crippen LogP contribution in [0.3, 0.4) is 0 Å². The Labute approximate surface area is 161 Å². The molecule has 12 heteroatoms. The van der Waals surface area contributed by atoms with E-state index in [4.69, 9.17) is 15.9 Å². The molecule has 0 spiro atoms. The van der Waals surface area contributed by atoms with E-state index < -0.39 is 42.4 Å². The second-order valence-electron chi connectivity index (χ2n) is 5.46. The largest absolute Gasteiger partial charge is 0.480 e. The Balaban J connectivity index is 4.84. The lowest BCUT2D eigenvalue weighted by Gasteiger charge is -2.21. The topological polar surface area (TPSA) is 179 Å². The smallest absolute Gasteiger partial charge is 0.322 e. The Bertz CT molecular complexity index is 554. The van der Waals surface area contributed by atoms with Gasteiger partial charge in [-0.15, -0.1) is 0 Å². The number of carboxylic acids is 2. The summed E-state index contributed by atoms with van der Waals surface area (Å²) in [4.78, 5) is 58.9. The second-order valence-corrected chi connectivity index (χ2v) is 6.44. The van der Waals surface area contributed by atoms with Crippen LogP contribution >= 0.6 is 11.8 Å². The van der Waals surface area contributed by atoms with E-state index in [0.717, 1.165) is 11.8 Å². The quantitative estimate of drug-likeness (QED) is 0.273. The third-order valence-electron chi connectivity index (χ3n) is 3.46. The van der Waals surface area contributed by atoms with Gasteiger partial charge in [0.1, 0.15) is 18.6 Å². The van der Waals surface area contributed by atoms with Crippen molar-refractivity contribution >= 4 is 40.8 Å². The van der Waals surface area contributed by atoms with E-state index in [1.54, 1.807) is 13.8 Å². The molecule has 3 amide bonds. The molecule has 2 atom stereocenters. The van der Waals surface area contributed by atoms with Crippen molar-refractivity contribution in [1.82, 2.24) is 15.5 Å². The average molecular weight is 406 g/mol. The minimum absolute atomic E-state index is 0.0997. The van der Waals surface area contributed by atoms with Gasteiger partial charge in [-0.2, -0.15) is 0 Å². The van der Waals surface area contributed by atoms with E-state index in [9.17, 15) is 24.0 Å². The van der Waals surface area contributed by atoms with Crippen LogP contribution in [-0.4, -0.2) is 81.6 Å². The van der Waals surface area contributed by atoms with Crippen LogP contribution in [0.15, 0.2) is 0 Å². The van der Waals surface area contributed by atoms with Crippen LogP contribution in [0.25, 0.3) is 0 Å². The van der Waals surface area contributed by atoms with Gasteiger partial charge in [0.15, 0.2) is 0 Å². The Morgan fingerprint density at radius 3 is 2.19 bits per heavy atom. The van der Waals surface area contributed by atoms with Crippen LogP contribution in [0, 0.1) is 0 Å². The van der Waals surface area contributed by atoms with Crippen LogP contribution < -0.4 is 16.4 Å². The fourth-order valence-electron chi connectivity index (χ4n) is 1.87. The Morgan fingerprint density at radius 1 is 1.11 bits per heavy atom. The Kier molecular flexibility index (Phi) is 11.8. The summed E-state index contributed by atoms with van der Waals surface area (Å²) in [5.74, 6) is -3.99. The van der Waals surface area contributed by atoms with Gasteiger partial charge in [-0.1, -0.05) is 11.8 Å². The Hall–Kier alpha value is -2.34. The van der Waals surface area contributed by atoms with Crippen molar-refractivity contribution in [3.8, 4) is 0 Å². The number of carbonyl (C=O) groups excluding carboxylic acids is 3. The summed E-state index contributed by atoms with van der Waals surface area (Å²) >= 11 is 0.821. The number of hydrogen-bond acceptors (Lipinski definition) is 7. The van der Waals surface area contributed by atoms with Gasteiger partial charge in [-0.25, -0.2) is 0 Å². The van der Waals surface area contributed by atoms with Gasteiger partial charge in [0.25, 0.3) is 5.24 Å². The average Bonchev–Trinajstić information content (AvgIpc) is 2.61. The zero-order valence-corrected chi connectivity index (χ0v) is 16.1. The molecule has 0 fully saturated rings. The molecule has 0 bridgehead atoms. The van der Waals surface area contributed by atoms with E-state index in [-0.39, 0.29) is 23.8 Å². The summed E-state index contributed by atoms with van der Waals surface area (Å²) in [5.41, 5.74) is 5.32. The SMILES string of the molecule is CCN(CC)C(=O)SC[C@H](NC(=O)CC[C@@H](N)C(=O)O)C(=O)NCC(=O)O. The molecular formula is C15H26N4O7S. The molecule has 6 N–H and O–H groups in total. The molecule has 0 aliphatic heterocycles. The number of aliphatic carboxylic acids is 2.